The van der Waals surface area contributed by atoms with Crippen molar-refractivity contribution < 1.29 is 24.2 Å². The summed E-state index contributed by atoms with van der Waals surface area (Å²) in [5.41, 5.74) is -0.678. The summed E-state index contributed by atoms with van der Waals surface area (Å²) in [5.74, 6) is -1.08. The fraction of sp³-hybridized carbons (Fsp3) is 0.556. The fourth-order valence-corrected chi connectivity index (χ4v) is 3.05. The second kappa shape index (κ2) is 6.43. The van der Waals surface area contributed by atoms with E-state index < -0.39 is 35.3 Å². The zero-order valence-corrected chi connectivity index (χ0v) is 14.8. The summed E-state index contributed by atoms with van der Waals surface area (Å²) in [5, 5.41) is 9.48. The number of ether oxygens (including phenoxy) is 2. The van der Waals surface area contributed by atoms with Crippen molar-refractivity contribution in [2.45, 2.75) is 59.1 Å². The summed E-state index contributed by atoms with van der Waals surface area (Å²) in [6.45, 7) is 9.14. The lowest BCUT2D eigenvalue weighted by molar-refractivity contribution is -0.155. The van der Waals surface area contributed by atoms with E-state index in [4.69, 9.17) is 9.47 Å². The monoisotopic (exact) mass is 335 g/mol. The van der Waals surface area contributed by atoms with Crippen LogP contribution in [0.5, 0.6) is 0 Å². The molecule has 24 heavy (non-hydrogen) atoms. The van der Waals surface area contributed by atoms with Gasteiger partial charge in [0.15, 0.2) is 6.10 Å². The highest BCUT2D eigenvalue weighted by atomic mass is 16.6. The Morgan fingerprint density at radius 1 is 1.25 bits per heavy atom. The highest BCUT2D eigenvalue weighted by Gasteiger charge is 2.57. The zero-order valence-electron chi connectivity index (χ0n) is 14.8. The average Bonchev–Trinajstić information content (AvgIpc) is 2.78. The lowest BCUT2D eigenvalue weighted by Crippen LogP contribution is -2.54. The molecule has 0 aliphatic carbocycles. The van der Waals surface area contributed by atoms with Crippen LogP contribution in [0.1, 0.15) is 40.2 Å². The minimum atomic E-state index is -1.09. The van der Waals surface area contributed by atoms with Gasteiger partial charge in [0.25, 0.3) is 0 Å². The number of amides is 1. The summed E-state index contributed by atoms with van der Waals surface area (Å²) in [6.07, 6.45) is -1.67. The number of carboxylic acid groups (broad SMARTS) is 1. The highest BCUT2D eigenvalue weighted by molar-refractivity contribution is 5.77. The smallest absolute Gasteiger partial charge is 0.412 e. The summed E-state index contributed by atoms with van der Waals surface area (Å²) < 4.78 is 11.1. The number of hydrogen-bond acceptors (Lipinski definition) is 4. The normalized spacial score (nSPS) is 23.1. The van der Waals surface area contributed by atoms with Crippen molar-refractivity contribution in [1.82, 2.24) is 4.90 Å². The van der Waals surface area contributed by atoms with E-state index in [2.05, 4.69) is 0 Å². The van der Waals surface area contributed by atoms with Crippen LogP contribution >= 0.6 is 0 Å². The Balaban J connectivity index is 2.23. The van der Waals surface area contributed by atoms with Crippen LogP contribution < -0.4 is 0 Å². The fourth-order valence-electron chi connectivity index (χ4n) is 3.05. The predicted molar refractivity (Wildman–Crippen MR) is 88.3 cm³/mol. The van der Waals surface area contributed by atoms with E-state index in [0.29, 0.717) is 0 Å². The number of aliphatic carboxylic acids is 1. The van der Waals surface area contributed by atoms with Crippen molar-refractivity contribution in [3.05, 3.63) is 35.9 Å². The molecule has 0 aromatic heterocycles. The Bertz CT molecular complexity index is 606. The predicted octanol–water partition coefficient (Wildman–Crippen LogP) is 3.26. The second-order valence-electron chi connectivity index (χ2n) is 7.54. The van der Waals surface area contributed by atoms with Crippen molar-refractivity contribution in [3.8, 4) is 0 Å². The molecule has 0 saturated carbocycles. The van der Waals surface area contributed by atoms with Gasteiger partial charge in [0.1, 0.15) is 12.3 Å². The molecule has 132 valence electrons. The van der Waals surface area contributed by atoms with Crippen LogP contribution in [0.2, 0.25) is 0 Å². The molecule has 2 unspecified atom stereocenters. The first-order valence-electron chi connectivity index (χ1n) is 7.94. The van der Waals surface area contributed by atoms with E-state index in [9.17, 15) is 14.7 Å². The Labute approximate surface area is 142 Å². The Morgan fingerprint density at radius 3 is 2.33 bits per heavy atom. The number of carbonyl (C=O) groups is 2. The van der Waals surface area contributed by atoms with Gasteiger partial charge in [0, 0.05) is 0 Å². The van der Waals surface area contributed by atoms with Crippen LogP contribution in [0.15, 0.2) is 30.3 Å². The molecule has 2 atom stereocenters. The number of benzene rings is 1. The van der Waals surface area contributed by atoms with E-state index in [1.54, 1.807) is 13.8 Å². The molecule has 1 saturated heterocycles. The van der Waals surface area contributed by atoms with Gasteiger partial charge < -0.3 is 14.6 Å². The maximum Gasteiger partial charge on any atom is 0.412 e. The summed E-state index contributed by atoms with van der Waals surface area (Å²) >= 11 is 0. The van der Waals surface area contributed by atoms with Gasteiger partial charge in [-0.1, -0.05) is 51.1 Å². The van der Waals surface area contributed by atoms with E-state index in [1.165, 1.54) is 4.90 Å². The van der Waals surface area contributed by atoms with Gasteiger partial charge in [-0.3, -0.25) is 4.90 Å². The van der Waals surface area contributed by atoms with Crippen molar-refractivity contribution >= 4 is 12.1 Å². The third-order valence-electron chi connectivity index (χ3n) is 4.09. The number of carbonyl (C=O) groups excluding carboxylic acids is 1. The molecule has 6 heteroatoms. The first-order valence-corrected chi connectivity index (χ1v) is 7.94. The first kappa shape index (κ1) is 18.3. The zero-order chi connectivity index (χ0) is 18.1. The molecule has 1 N–H and O–H groups in total. The van der Waals surface area contributed by atoms with Gasteiger partial charge in [-0.05, 0) is 24.8 Å². The first-order chi connectivity index (χ1) is 11.0. The molecule has 2 rings (SSSR count). The van der Waals surface area contributed by atoms with Crippen molar-refractivity contribution in [3.63, 3.8) is 0 Å². The lowest BCUT2D eigenvalue weighted by Gasteiger charge is -2.38. The molecule has 1 aromatic rings. The van der Waals surface area contributed by atoms with Gasteiger partial charge in [-0.25, -0.2) is 9.59 Å². The molecule has 0 spiro atoms. The molecule has 1 heterocycles. The average molecular weight is 335 g/mol. The van der Waals surface area contributed by atoms with E-state index in [1.807, 2.05) is 51.1 Å². The molecule has 1 fully saturated rings. The molecule has 0 radical (unpaired) electrons. The van der Waals surface area contributed by atoms with Crippen LogP contribution in [0.25, 0.3) is 0 Å². The Hall–Kier alpha value is -2.08. The standard InChI is InChI=1S/C18H25NO5/c1-17(2,3)14-13(15(20)21)24-18(4,5)19(14)16(22)23-11-12-9-7-6-8-10-12/h6-10,13-14H,11H2,1-5H3,(H,20,21). The number of nitrogens with zero attached hydrogens (tertiary/aromatic N) is 1. The topological polar surface area (TPSA) is 76.1 Å². The summed E-state index contributed by atoms with van der Waals surface area (Å²) in [6, 6.07) is 8.71. The molecule has 1 amide bonds. The lowest BCUT2D eigenvalue weighted by atomic mass is 9.82. The Kier molecular flexibility index (Phi) is 4.90. The van der Waals surface area contributed by atoms with E-state index >= 15 is 0 Å². The minimum Gasteiger partial charge on any atom is -0.479 e. The number of hydrogen-bond donors (Lipinski definition) is 1. The largest absolute Gasteiger partial charge is 0.479 e. The van der Waals surface area contributed by atoms with Crippen LogP contribution in [-0.4, -0.2) is 39.9 Å². The molecule has 1 aliphatic rings. The van der Waals surface area contributed by atoms with Gasteiger partial charge in [-0.15, -0.1) is 0 Å². The van der Waals surface area contributed by atoms with Crippen LogP contribution in [-0.2, 0) is 20.9 Å². The number of carboxylic acids is 1. The van der Waals surface area contributed by atoms with Crippen LogP contribution in [0.3, 0.4) is 0 Å². The molecule has 6 nitrogen and oxygen atoms in total. The minimum absolute atomic E-state index is 0.126. The van der Waals surface area contributed by atoms with Gasteiger partial charge in [-0.2, -0.15) is 0 Å². The molecule has 1 aromatic carbocycles. The maximum atomic E-state index is 12.7. The molecular weight excluding hydrogens is 310 g/mol. The second-order valence-corrected chi connectivity index (χ2v) is 7.54. The molecule has 0 bridgehead atoms. The van der Waals surface area contributed by atoms with Crippen molar-refractivity contribution in [2.75, 3.05) is 0 Å². The van der Waals surface area contributed by atoms with E-state index in [-0.39, 0.29) is 6.61 Å². The van der Waals surface area contributed by atoms with Gasteiger partial charge in [0.2, 0.25) is 0 Å². The SMILES string of the molecule is CC(C)(C)C1C(C(=O)O)OC(C)(C)N1C(=O)OCc1ccccc1. The van der Waals surface area contributed by atoms with Crippen molar-refractivity contribution in [2.24, 2.45) is 5.41 Å². The van der Waals surface area contributed by atoms with Gasteiger partial charge in [0.05, 0.1) is 6.04 Å². The summed E-state index contributed by atoms with van der Waals surface area (Å²) in [7, 11) is 0. The Morgan fingerprint density at radius 2 is 1.83 bits per heavy atom. The number of rotatable bonds is 3. The van der Waals surface area contributed by atoms with Gasteiger partial charge >= 0.3 is 12.1 Å². The molecule has 1 aliphatic heterocycles. The van der Waals surface area contributed by atoms with Crippen LogP contribution in [0, 0.1) is 5.41 Å². The maximum absolute atomic E-state index is 12.7. The quantitative estimate of drug-likeness (QED) is 0.917. The van der Waals surface area contributed by atoms with E-state index in [0.717, 1.165) is 5.56 Å². The highest BCUT2D eigenvalue weighted by Crippen LogP contribution is 2.41. The third kappa shape index (κ3) is 3.70. The molecular formula is C18H25NO5. The van der Waals surface area contributed by atoms with Crippen LogP contribution in [0.4, 0.5) is 4.79 Å². The third-order valence-corrected chi connectivity index (χ3v) is 4.09. The summed E-state index contributed by atoms with van der Waals surface area (Å²) in [4.78, 5) is 25.7. The van der Waals surface area contributed by atoms with Crippen molar-refractivity contribution in [1.29, 1.82) is 0 Å².